The van der Waals surface area contributed by atoms with Gasteiger partial charge in [-0.15, -0.1) is 0 Å². The number of benzene rings is 1. The molecule has 1 aromatic rings. The number of carbonyl (C=O) groups is 1. The molecule has 3 nitrogen and oxygen atoms in total. The summed E-state index contributed by atoms with van der Waals surface area (Å²) in [5, 5.41) is 2.67. The number of hydrogen-bond acceptors (Lipinski definition) is 2. The van der Waals surface area contributed by atoms with E-state index in [9.17, 15) is 9.18 Å². The number of nitrogen functional groups attached to an aromatic ring is 1. The van der Waals surface area contributed by atoms with Gasteiger partial charge >= 0.3 is 0 Å². The molecule has 0 aromatic heterocycles. The molecule has 0 fully saturated rings. The van der Waals surface area contributed by atoms with Crippen molar-refractivity contribution in [2.24, 2.45) is 0 Å². The van der Waals surface area contributed by atoms with E-state index in [1.807, 2.05) is 26.0 Å². The summed E-state index contributed by atoms with van der Waals surface area (Å²) in [6.07, 6.45) is 0.490. The maximum Gasteiger partial charge on any atom is 0.255 e. The minimum atomic E-state index is -1.42. The van der Waals surface area contributed by atoms with Crippen molar-refractivity contribution in [3.63, 3.8) is 0 Å². The Labute approximate surface area is 108 Å². The molecule has 0 heterocycles. The zero-order valence-corrected chi connectivity index (χ0v) is 10.9. The highest BCUT2D eigenvalue weighted by Gasteiger charge is 2.18. The van der Waals surface area contributed by atoms with E-state index in [-0.39, 0.29) is 12.5 Å². The summed E-state index contributed by atoms with van der Waals surface area (Å²) in [6.45, 7) is 3.80. The van der Waals surface area contributed by atoms with Crippen molar-refractivity contribution in [1.29, 1.82) is 0 Å². The first kappa shape index (κ1) is 14.5. The van der Waals surface area contributed by atoms with Crippen LogP contribution in [0.5, 0.6) is 0 Å². The highest BCUT2D eigenvalue weighted by molar-refractivity contribution is 5.81. The molecular formula is C14H21FN2O. The van der Waals surface area contributed by atoms with Crippen LogP contribution in [0.2, 0.25) is 0 Å². The number of hydrogen-bond donors (Lipinski definition) is 2. The largest absolute Gasteiger partial charge is 0.399 e. The molecule has 0 bridgehead atoms. The van der Waals surface area contributed by atoms with Gasteiger partial charge in [-0.3, -0.25) is 4.79 Å². The van der Waals surface area contributed by atoms with Gasteiger partial charge in [0, 0.05) is 5.69 Å². The molecular weight excluding hydrogens is 231 g/mol. The van der Waals surface area contributed by atoms with Gasteiger partial charge < -0.3 is 11.1 Å². The van der Waals surface area contributed by atoms with Gasteiger partial charge in [-0.1, -0.05) is 31.9 Å². The van der Waals surface area contributed by atoms with Crippen molar-refractivity contribution in [3.05, 3.63) is 29.8 Å². The van der Waals surface area contributed by atoms with Crippen LogP contribution in [-0.4, -0.2) is 12.1 Å². The lowest BCUT2D eigenvalue weighted by atomic mass is 10.1. The second kappa shape index (κ2) is 6.99. The van der Waals surface area contributed by atoms with Crippen molar-refractivity contribution in [3.8, 4) is 0 Å². The number of anilines is 1. The maximum atomic E-state index is 13.5. The lowest BCUT2D eigenvalue weighted by Crippen LogP contribution is -2.33. The van der Waals surface area contributed by atoms with E-state index >= 15 is 0 Å². The zero-order valence-electron chi connectivity index (χ0n) is 10.9. The molecule has 0 aliphatic rings. The van der Waals surface area contributed by atoms with Crippen LogP contribution < -0.4 is 11.1 Å². The van der Waals surface area contributed by atoms with Crippen molar-refractivity contribution in [2.45, 2.75) is 45.3 Å². The Morgan fingerprint density at radius 3 is 2.56 bits per heavy atom. The molecule has 0 saturated carbocycles. The van der Waals surface area contributed by atoms with Gasteiger partial charge in [0.15, 0.2) is 6.17 Å². The molecule has 1 aromatic carbocycles. The highest BCUT2D eigenvalue weighted by Crippen LogP contribution is 2.15. The SMILES string of the molecule is CCCC[C@@H](F)C(=O)N[C@@H](C)c1ccc(N)cc1. The third-order valence-corrected chi connectivity index (χ3v) is 2.89. The predicted octanol–water partition coefficient (Wildman–Crippen LogP) is 2.97. The predicted molar refractivity (Wildman–Crippen MR) is 71.8 cm³/mol. The summed E-state index contributed by atoms with van der Waals surface area (Å²) in [5.41, 5.74) is 7.17. The summed E-state index contributed by atoms with van der Waals surface area (Å²) >= 11 is 0. The van der Waals surface area contributed by atoms with E-state index in [4.69, 9.17) is 5.73 Å². The van der Waals surface area contributed by atoms with Crippen molar-refractivity contribution in [1.82, 2.24) is 5.32 Å². The van der Waals surface area contributed by atoms with Crippen LogP contribution in [0.15, 0.2) is 24.3 Å². The third-order valence-electron chi connectivity index (χ3n) is 2.89. The molecule has 0 aliphatic carbocycles. The van der Waals surface area contributed by atoms with Crippen molar-refractivity contribution >= 4 is 11.6 Å². The minimum absolute atomic E-state index is 0.210. The molecule has 0 unspecified atom stereocenters. The molecule has 0 spiro atoms. The Kier molecular flexibility index (Phi) is 5.62. The van der Waals surface area contributed by atoms with Crippen LogP contribution in [0.1, 0.15) is 44.7 Å². The minimum Gasteiger partial charge on any atom is -0.399 e. The molecule has 2 atom stereocenters. The molecule has 1 rings (SSSR count). The van der Waals surface area contributed by atoms with Crippen LogP contribution in [0.25, 0.3) is 0 Å². The lowest BCUT2D eigenvalue weighted by molar-refractivity contribution is -0.126. The number of halogens is 1. The lowest BCUT2D eigenvalue weighted by Gasteiger charge is -2.16. The summed E-state index contributed by atoms with van der Waals surface area (Å²) < 4.78 is 13.5. The zero-order chi connectivity index (χ0) is 13.5. The van der Waals surface area contributed by atoms with Gasteiger partial charge in [0.05, 0.1) is 6.04 Å². The Morgan fingerprint density at radius 1 is 1.39 bits per heavy atom. The van der Waals surface area contributed by atoms with E-state index in [1.54, 1.807) is 12.1 Å². The average Bonchev–Trinajstić information content (AvgIpc) is 2.36. The molecule has 0 aliphatic heterocycles. The van der Waals surface area contributed by atoms with Crippen LogP contribution in [0, 0.1) is 0 Å². The van der Waals surface area contributed by atoms with Gasteiger partial charge in [-0.25, -0.2) is 4.39 Å². The van der Waals surface area contributed by atoms with Crippen LogP contribution >= 0.6 is 0 Å². The first-order chi connectivity index (χ1) is 8.54. The molecule has 18 heavy (non-hydrogen) atoms. The van der Waals surface area contributed by atoms with Gasteiger partial charge in [0.2, 0.25) is 0 Å². The van der Waals surface area contributed by atoms with E-state index in [0.717, 1.165) is 18.4 Å². The van der Waals surface area contributed by atoms with Crippen molar-refractivity contribution < 1.29 is 9.18 Å². The number of nitrogens with one attached hydrogen (secondary N) is 1. The fraction of sp³-hybridized carbons (Fsp3) is 0.500. The van der Waals surface area contributed by atoms with Crippen LogP contribution in [0.4, 0.5) is 10.1 Å². The second-order valence-electron chi connectivity index (χ2n) is 4.51. The third kappa shape index (κ3) is 4.35. The molecule has 4 heteroatoms. The van der Waals surface area contributed by atoms with Gasteiger partial charge in [0.25, 0.3) is 5.91 Å². The van der Waals surface area contributed by atoms with E-state index in [0.29, 0.717) is 5.69 Å². The molecule has 3 N–H and O–H groups in total. The van der Waals surface area contributed by atoms with Crippen molar-refractivity contribution in [2.75, 3.05) is 5.73 Å². The molecule has 0 saturated heterocycles. The molecule has 0 radical (unpaired) electrons. The topological polar surface area (TPSA) is 55.1 Å². The summed E-state index contributed by atoms with van der Waals surface area (Å²) in [7, 11) is 0. The Bertz CT molecular complexity index is 378. The number of nitrogens with two attached hydrogens (primary N) is 1. The highest BCUT2D eigenvalue weighted by atomic mass is 19.1. The number of rotatable bonds is 6. The first-order valence-corrected chi connectivity index (χ1v) is 6.34. The fourth-order valence-electron chi connectivity index (χ4n) is 1.69. The van der Waals surface area contributed by atoms with Crippen LogP contribution in [-0.2, 0) is 4.79 Å². The second-order valence-corrected chi connectivity index (χ2v) is 4.51. The van der Waals surface area contributed by atoms with E-state index in [1.165, 1.54) is 0 Å². The van der Waals surface area contributed by atoms with Crippen LogP contribution in [0.3, 0.4) is 0 Å². The Hall–Kier alpha value is -1.58. The summed E-state index contributed by atoms with van der Waals surface area (Å²) in [6, 6.07) is 6.99. The standard InChI is InChI=1S/C14H21FN2O/c1-3-4-5-13(15)14(18)17-10(2)11-6-8-12(16)9-7-11/h6-10,13H,3-5,16H2,1-2H3,(H,17,18)/t10-,13+/m0/s1. The van der Waals surface area contributed by atoms with Gasteiger partial charge in [-0.2, -0.15) is 0 Å². The monoisotopic (exact) mass is 252 g/mol. The number of alkyl halides is 1. The molecule has 1 amide bonds. The Morgan fingerprint density at radius 2 is 2.00 bits per heavy atom. The normalized spacial score (nSPS) is 13.9. The number of amides is 1. The maximum absolute atomic E-state index is 13.5. The average molecular weight is 252 g/mol. The number of carbonyl (C=O) groups excluding carboxylic acids is 1. The van der Waals surface area contributed by atoms with Gasteiger partial charge in [-0.05, 0) is 31.0 Å². The quantitative estimate of drug-likeness (QED) is 0.765. The fourth-order valence-corrected chi connectivity index (χ4v) is 1.69. The van der Waals surface area contributed by atoms with Gasteiger partial charge in [0.1, 0.15) is 0 Å². The summed E-state index contributed by atoms with van der Waals surface area (Å²) in [5.74, 6) is -0.534. The Balaban J connectivity index is 2.51. The van der Waals surface area contributed by atoms with E-state index in [2.05, 4.69) is 5.32 Å². The smallest absolute Gasteiger partial charge is 0.255 e. The number of unbranched alkanes of at least 4 members (excludes halogenated alkanes) is 1. The van der Waals surface area contributed by atoms with E-state index < -0.39 is 12.1 Å². The summed E-state index contributed by atoms with van der Waals surface area (Å²) in [4.78, 5) is 11.6. The molecule has 100 valence electrons. The first-order valence-electron chi connectivity index (χ1n) is 6.34.